The van der Waals surface area contributed by atoms with Gasteiger partial charge in [0.2, 0.25) is 0 Å². The fourth-order valence-corrected chi connectivity index (χ4v) is 12.6. The maximum absolute atomic E-state index is 3.61. The van der Waals surface area contributed by atoms with Gasteiger partial charge in [-0.1, -0.05) is 118 Å². The molecule has 12 N–H and O–H groups in total. The first-order valence-electron chi connectivity index (χ1n) is 45.2. The molecule has 0 atom stereocenters. The van der Waals surface area contributed by atoms with Gasteiger partial charge in [-0.15, -0.1) is 0 Å². The Morgan fingerprint density at radius 1 is 0.234 bits per heavy atom. The van der Waals surface area contributed by atoms with Crippen LogP contribution in [0.5, 0.6) is 0 Å². The Labute approximate surface area is 675 Å². The third kappa shape index (κ3) is 103. The summed E-state index contributed by atoms with van der Waals surface area (Å²) in [6, 6.07) is 1.28. The molecule has 0 aromatic heterocycles. The summed E-state index contributed by atoms with van der Waals surface area (Å²) in [6.45, 7) is 100. The smallest absolute Gasteiger partial charge is 0.0254 e. The van der Waals surface area contributed by atoms with E-state index in [2.05, 4.69) is 323 Å². The number of piperazine rings is 1. The molecule has 14 heteroatoms. The molecule has 0 aromatic carbocycles. The van der Waals surface area contributed by atoms with Crippen molar-refractivity contribution in [2.45, 2.75) is 483 Å². The molecule has 1 aliphatic heterocycles. The van der Waals surface area contributed by atoms with Gasteiger partial charge in [0.25, 0.3) is 0 Å². The van der Waals surface area contributed by atoms with Gasteiger partial charge in [-0.05, 0) is 383 Å². The van der Waals surface area contributed by atoms with E-state index in [4.69, 9.17) is 0 Å². The van der Waals surface area contributed by atoms with Crippen molar-refractivity contribution < 1.29 is 0 Å². The highest BCUT2D eigenvalue weighted by atomic mass is 15.3. The highest BCUT2D eigenvalue weighted by molar-refractivity contribution is 4.90. The van der Waals surface area contributed by atoms with Crippen LogP contribution in [0.15, 0.2) is 0 Å². The van der Waals surface area contributed by atoms with Crippen molar-refractivity contribution in [3.63, 3.8) is 0 Å². The summed E-state index contributed by atoms with van der Waals surface area (Å²) >= 11 is 0. The first kappa shape index (κ1) is 113. The van der Waals surface area contributed by atoms with Crippen LogP contribution < -0.4 is 63.8 Å². The zero-order valence-electron chi connectivity index (χ0n) is 80.4. The van der Waals surface area contributed by atoms with Crippen molar-refractivity contribution in [3.05, 3.63) is 0 Å². The zero-order chi connectivity index (χ0) is 83.1. The van der Waals surface area contributed by atoms with E-state index in [0.29, 0.717) is 12.1 Å². The molecule has 0 aromatic rings. The molecule has 14 nitrogen and oxygen atoms in total. The Bertz CT molecular complexity index is 1790. The average Bonchev–Trinajstić information content (AvgIpc) is 0.882. The predicted octanol–water partition coefficient (Wildman–Crippen LogP) is 20.2. The fraction of sp³-hybridized carbons (Fsp3) is 1.00. The lowest BCUT2D eigenvalue weighted by atomic mass is 9.82. The Hall–Kier alpha value is -0.560. The topological polar surface area (TPSA) is 151 Å². The summed E-state index contributed by atoms with van der Waals surface area (Å²) < 4.78 is 0. The zero-order valence-corrected chi connectivity index (χ0v) is 80.4. The normalized spacial score (nSPS) is 16.4. The van der Waals surface area contributed by atoms with Crippen molar-refractivity contribution in [2.24, 2.45) is 11.8 Å². The molecule has 2 rings (SSSR count). The quantitative estimate of drug-likeness (QED) is 0.0262. The largest absolute Gasteiger partial charge is 0.314 e. The standard InChI is InChI=1S/C20H44N2.C18H40N4.C18H40N2.C14H30N2.C12H28N2.C11H26N2/c1-19(2,3)21-17-15-13-11-9-7-8-10-12-14-16-18-22-20(4,5)6;1-17(2,3)19-9-7-11-21-13-15-22(16-14-21)12-8-10-20-18(4,5)6;1-17(2,3)19-15-13-11-9-7-8-10-12-14-16-20-18(4,5)6;1-11(2)15-9-13-5-7-14(8-6-13)10-16-12(3)4;1-10(2,3)13-9-12(7,8)14-11(4,5)6;1-10(2,3)12-8-7-9-13-11(4,5)6/h21-22H,7-18H2,1-6H3;19-20H,7-16H2,1-6H3;19-20H,7-16H2,1-6H3;11-16H,5-10H2,1-4H3;13-14H,9H2,1-8H3;12-13H,7-9H2,1-6H3. The Balaban J connectivity index is -0.000000601. The fourth-order valence-electron chi connectivity index (χ4n) is 12.6. The average molecular weight is 1520 g/mol. The van der Waals surface area contributed by atoms with Gasteiger partial charge < -0.3 is 73.6 Å². The summed E-state index contributed by atoms with van der Waals surface area (Å²) in [5.74, 6) is 1.86. The van der Waals surface area contributed by atoms with Gasteiger partial charge in [-0.2, -0.15) is 0 Å². The molecule has 2 fully saturated rings. The van der Waals surface area contributed by atoms with E-state index in [1.807, 2.05) is 0 Å². The van der Waals surface area contributed by atoms with Crippen molar-refractivity contribution in [3.8, 4) is 0 Å². The van der Waals surface area contributed by atoms with Crippen molar-refractivity contribution in [1.82, 2.24) is 73.6 Å². The summed E-state index contributed by atoms with van der Waals surface area (Å²) in [5.41, 5.74) is 2.61. The second kappa shape index (κ2) is 60.9. The van der Waals surface area contributed by atoms with Crippen LogP contribution in [0.3, 0.4) is 0 Å². The molecule has 650 valence electrons. The minimum absolute atomic E-state index is 0.130. The number of hydrogen-bond donors (Lipinski definition) is 12. The third-order valence-corrected chi connectivity index (χ3v) is 18.4. The molecular formula is C93H208N14. The van der Waals surface area contributed by atoms with Crippen LogP contribution >= 0.6 is 0 Å². The molecule has 0 spiro atoms. The summed E-state index contributed by atoms with van der Waals surface area (Å²) in [7, 11) is 0. The lowest BCUT2D eigenvalue weighted by Crippen LogP contribution is -2.57. The molecule has 1 saturated heterocycles. The molecule has 0 amide bonds. The van der Waals surface area contributed by atoms with E-state index >= 15 is 0 Å². The van der Waals surface area contributed by atoms with Gasteiger partial charge in [-0.25, -0.2) is 0 Å². The summed E-state index contributed by atoms with van der Waals surface area (Å²) in [6.07, 6.45) is 34.5. The van der Waals surface area contributed by atoms with E-state index in [1.165, 1.54) is 239 Å². The lowest BCUT2D eigenvalue weighted by Gasteiger charge is -2.37. The summed E-state index contributed by atoms with van der Waals surface area (Å²) in [5, 5.41) is 42.6. The van der Waals surface area contributed by atoms with Gasteiger partial charge >= 0.3 is 0 Å². The van der Waals surface area contributed by atoms with Crippen LogP contribution in [0.4, 0.5) is 0 Å². The molecule has 0 unspecified atom stereocenters. The van der Waals surface area contributed by atoms with E-state index in [-0.39, 0.29) is 60.9 Å². The molecule has 1 aliphatic carbocycles. The Morgan fingerprint density at radius 2 is 0.421 bits per heavy atom. The van der Waals surface area contributed by atoms with Crippen LogP contribution in [-0.4, -0.2) is 194 Å². The number of hydrogen-bond acceptors (Lipinski definition) is 14. The summed E-state index contributed by atoms with van der Waals surface area (Å²) in [4.78, 5) is 5.24. The first-order chi connectivity index (χ1) is 48.8. The number of rotatable bonds is 45. The van der Waals surface area contributed by atoms with Gasteiger partial charge in [0, 0.05) is 106 Å². The number of nitrogens with zero attached hydrogens (tertiary/aromatic N) is 2. The van der Waals surface area contributed by atoms with Crippen LogP contribution in [0.25, 0.3) is 0 Å². The van der Waals surface area contributed by atoms with Gasteiger partial charge in [0.1, 0.15) is 0 Å². The molecule has 1 saturated carbocycles. The van der Waals surface area contributed by atoms with Gasteiger partial charge in [0.15, 0.2) is 0 Å². The Kier molecular flexibility index (Phi) is 64.2. The first-order valence-corrected chi connectivity index (χ1v) is 45.2. The van der Waals surface area contributed by atoms with Crippen LogP contribution in [0.2, 0.25) is 0 Å². The highest BCUT2D eigenvalue weighted by Gasteiger charge is 2.26. The SMILES string of the molecule is CC(C)(C)NCC(C)(C)NC(C)(C)C.CC(C)(C)NCCCCCCCCCCCCNC(C)(C)C.CC(C)(C)NCCCCCCCCCCNC(C)(C)C.CC(C)(C)NCCCN1CCN(CCCNC(C)(C)C)CC1.CC(C)(C)NCCCNC(C)(C)C.CC(C)NCC1CCC(CNC(C)C)CC1. The second-order valence-corrected chi connectivity index (χ2v) is 44.4. The molecule has 107 heavy (non-hydrogen) atoms. The highest BCUT2D eigenvalue weighted by Crippen LogP contribution is 2.28. The van der Waals surface area contributed by atoms with E-state index in [9.17, 15) is 0 Å². The van der Waals surface area contributed by atoms with Crippen LogP contribution in [0.1, 0.15) is 410 Å². The third-order valence-electron chi connectivity index (χ3n) is 18.4. The Morgan fingerprint density at radius 3 is 0.607 bits per heavy atom. The van der Waals surface area contributed by atoms with Gasteiger partial charge in [-0.3, -0.25) is 0 Å². The van der Waals surface area contributed by atoms with Crippen LogP contribution in [-0.2, 0) is 0 Å². The predicted molar refractivity (Wildman–Crippen MR) is 488 cm³/mol. The maximum atomic E-state index is 3.61. The second-order valence-electron chi connectivity index (χ2n) is 44.4. The van der Waals surface area contributed by atoms with Gasteiger partial charge in [0.05, 0.1) is 0 Å². The van der Waals surface area contributed by atoms with Crippen molar-refractivity contribution in [1.29, 1.82) is 0 Å². The van der Waals surface area contributed by atoms with Crippen molar-refractivity contribution >= 4 is 0 Å². The monoisotopic (exact) mass is 1520 g/mol. The van der Waals surface area contributed by atoms with E-state index in [0.717, 1.165) is 44.6 Å². The molecular weight excluding hydrogens is 1310 g/mol. The van der Waals surface area contributed by atoms with E-state index < -0.39 is 0 Å². The molecule has 0 radical (unpaired) electrons. The van der Waals surface area contributed by atoms with Crippen LogP contribution in [0, 0.1) is 11.8 Å². The number of unbranched alkanes of at least 4 members (excludes halogenated alkanes) is 16. The van der Waals surface area contributed by atoms with Crippen molar-refractivity contribution in [2.75, 3.05) is 111 Å². The lowest BCUT2D eigenvalue weighted by molar-refractivity contribution is 0.129. The molecule has 1 heterocycles. The number of nitrogens with one attached hydrogen (secondary N) is 12. The minimum atomic E-state index is 0.130. The molecule has 0 bridgehead atoms. The molecule has 2 aliphatic rings. The maximum Gasteiger partial charge on any atom is 0.0254 e. The van der Waals surface area contributed by atoms with E-state index in [1.54, 1.807) is 0 Å². The minimum Gasteiger partial charge on any atom is -0.314 e.